The largest absolute Gasteiger partial charge is 0.356 e. The highest BCUT2D eigenvalue weighted by molar-refractivity contribution is 14.0. The lowest BCUT2D eigenvalue weighted by Crippen LogP contribution is -2.44. The van der Waals surface area contributed by atoms with Gasteiger partial charge in [-0.2, -0.15) is 0 Å². The lowest BCUT2D eigenvalue weighted by molar-refractivity contribution is 0.410. The zero-order valence-corrected chi connectivity index (χ0v) is 15.2. The van der Waals surface area contributed by atoms with Crippen LogP contribution in [0.4, 0.5) is 8.78 Å². The quantitative estimate of drug-likeness (QED) is 0.441. The molecule has 0 unspecified atom stereocenters. The molecular weight excluding hydrogens is 399 g/mol. The first-order valence-electron chi connectivity index (χ1n) is 7.61. The molecule has 1 aliphatic rings. The van der Waals surface area contributed by atoms with Gasteiger partial charge in [-0.25, -0.2) is 8.78 Å². The molecule has 2 N–H and O–H groups in total. The van der Waals surface area contributed by atoms with Gasteiger partial charge in [0.1, 0.15) is 0 Å². The molecular formula is C16H24F2IN3. The van der Waals surface area contributed by atoms with Crippen LogP contribution in [0.5, 0.6) is 0 Å². The van der Waals surface area contributed by atoms with Crippen LogP contribution < -0.4 is 10.6 Å². The van der Waals surface area contributed by atoms with Crippen molar-refractivity contribution in [2.45, 2.75) is 44.6 Å². The summed E-state index contributed by atoms with van der Waals surface area (Å²) < 4.78 is 26.6. The van der Waals surface area contributed by atoms with Crippen molar-refractivity contribution in [1.82, 2.24) is 10.6 Å². The molecule has 1 aromatic rings. The topological polar surface area (TPSA) is 36.4 Å². The lowest BCUT2D eigenvalue weighted by Gasteiger charge is -2.24. The molecule has 1 aliphatic carbocycles. The fourth-order valence-electron chi connectivity index (χ4n) is 2.69. The summed E-state index contributed by atoms with van der Waals surface area (Å²) in [6.07, 6.45) is 6.57. The molecule has 124 valence electrons. The van der Waals surface area contributed by atoms with Gasteiger partial charge in [-0.1, -0.05) is 31.4 Å². The van der Waals surface area contributed by atoms with Gasteiger partial charge in [-0.05, 0) is 30.9 Å². The van der Waals surface area contributed by atoms with Crippen LogP contribution >= 0.6 is 24.0 Å². The fourth-order valence-corrected chi connectivity index (χ4v) is 2.69. The van der Waals surface area contributed by atoms with Crippen molar-refractivity contribution in [1.29, 1.82) is 0 Å². The molecule has 1 saturated carbocycles. The van der Waals surface area contributed by atoms with Crippen molar-refractivity contribution >= 4 is 29.9 Å². The molecule has 0 atom stereocenters. The van der Waals surface area contributed by atoms with Crippen LogP contribution in [-0.2, 0) is 6.42 Å². The summed E-state index contributed by atoms with van der Waals surface area (Å²) in [7, 11) is 1.72. The average Bonchev–Trinajstić information content (AvgIpc) is 2.51. The Bertz CT molecular complexity index is 488. The van der Waals surface area contributed by atoms with Crippen molar-refractivity contribution in [3.05, 3.63) is 35.4 Å². The summed E-state index contributed by atoms with van der Waals surface area (Å²) in [6, 6.07) is 4.74. The second-order valence-electron chi connectivity index (χ2n) is 5.44. The summed E-state index contributed by atoms with van der Waals surface area (Å²) in [5.74, 6) is -0.814. The Morgan fingerprint density at radius 3 is 2.64 bits per heavy atom. The van der Waals surface area contributed by atoms with E-state index in [1.807, 2.05) is 0 Å². The summed E-state index contributed by atoms with van der Waals surface area (Å²) in [6.45, 7) is 0.521. The van der Waals surface area contributed by atoms with Crippen molar-refractivity contribution in [3.8, 4) is 0 Å². The molecule has 0 aromatic heterocycles. The number of halogens is 3. The Morgan fingerprint density at radius 1 is 1.23 bits per heavy atom. The molecule has 0 bridgehead atoms. The highest BCUT2D eigenvalue weighted by Crippen LogP contribution is 2.17. The Labute approximate surface area is 148 Å². The monoisotopic (exact) mass is 423 g/mol. The Hall–Kier alpha value is -0.920. The minimum Gasteiger partial charge on any atom is -0.356 e. The molecule has 0 saturated heterocycles. The van der Waals surface area contributed by atoms with Gasteiger partial charge in [-0.15, -0.1) is 24.0 Å². The number of rotatable bonds is 4. The molecule has 22 heavy (non-hydrogen) atoms. The molecule has 0 spiro atoms. The molecule has 2 rings (SSSR count). The zero-order chi connectivity index (χ0) is 15.1. The minimum absolute atomic E-state index is 0. The van der Waals surface area contributed by atoms with E-state index < -0.39 is 11.6 Å². The maximum atomic E-state index is 13.5. The Balaban J connectivity index is 0.00000242. The molecule has 3 nitrogen and oxygen atoms in total. The van der Waals surface area contributed by atoms with Gasteiger partial charge in [0.05, 0.1) is 0 Å². The van der Waals surface area contributed by atoms with E-state index in [9.17, 15) is 8.78 Å². The third-order valence-electron chi connectivity index (χ3n) is 3.89. The normalized spacial score (nSPS) is 16.0. The molecule has 6 heteroatoms. The minimum atomic E-state index is -0.794. The first-order valence-corrected chi connectivity index (χ1v) is 7.61. The third kappa shape index (κ3) is 5.70. The maximum absolute atomic E-state index is 13.5. The zero-order valence-electron chi connectivity index (χ0n) is 12.9. The summed E-state index contributed by atoms with van der Waals surface area (Å²) in [5, 5.41) is 6.55. The standard InChI is InChI=1S/C16H23F2N3.HI/c1-19-16(21-13-7-3-2-4-8-13)20-11-10-12-6-5-9-14(17)15(12)18;/h5-6,9,13H,2-4,7-8,10-11H2,1H3,(H2,19,20,21);1H. The van der Waals surface area contributed by atoms with Crippen LogP contribution in [0.25, 0.3) is 0 Å². The highest BCUT2D eigenvalue weighted by Gasteiger charge is 2.14. The maximum Gasteiger partial charge on any atom is 0.191 e. The smallest absolute Gasteiger partial charge is 0.191 e. The number of benzene rings is 1. The number of hydrogen-bond donors (Lipinski definition) is 2. The van der Waals surface area contributed by atoms with Gasteiger partial charge in [0.2, 0.25) is 0 Å². The number of nitrogens with zero attached hydrogens (tertiary/aromatic N) is 1. The van der Waals surface area contributed by atoms with E-state index >= 15 is 0 Å². The van der Waals surface area contributed by atoms with Crippen LogP contribution in [0.2, 0.25) is 0 Å². The van der Waals surface area contributed by atoms with E-state index in [0.717, 1.165) is 12.0 Å². The average molecular weight is 423 g/mol. The van der Waals surface area contributed by atoms with Gasteiger partial charge < -0.3 is 10.6 Å². The second kappa shape index (κ2) is 9.97. The molecule has 0 radical (unpaired) electrons. The first kappa shape index (κ1) is 19.1. The number of nitrogens with one attached hydrogen (secondary N) is 2. The van der Waals surface area contributed by atoms with Crippen molar-refractivity contribution in [3.63, 3.8) is 0 Å². The lowest BCUT2D eigenvalue weighted by atomic mass is 9.96. The second-order valence-corrected chi connectivity index (χ2v) is 5.44. The van der Waals surface area contributed by atoms with Crippen molar-refractivity contribution in [2.24, 2.45) is 4.99 Å². The van der Waals surface area contributed by atoms with Gasteiger partial charge in [0, 0.05) is 19.6 Å². The molecule has 0 heterocycles. The molecule has 0 aliphatic heterocycles. The Kier molecular flexibility index (Phi) is 8.67. The predicted molar refractivity (Wildman–Crippen MR) is 96.8 cm³/mol. The van der Waals surface area contributed by atoms with Crippen LogP contribution in [0.3, 0.4) is 0 Å². The molecule has 1 fully saturated rings. The summed E-state index contributed by atoms with van der Waals surface area (Å²) in [4.78, 5) is 4.18. The van der Waals surface area contributed by atoms with E-state index in [1.165, 1.54) is 38.2 Å². The van der Waals surface area contributed by atoms with Gasteiger partial charge in [-0.3, -0.25) is 4.99 Å². The molecule has 0 amide bonds. The first-order chi connectivity index (χ1) is 10.2. The van der Waals surface area contributed by atoms with Crippen LogP contribution in [0.1, 0.15) is 37.7 Å². The van der Waals surface area contributed by atoms with Crippen molar-refractivity contribution < 1.29 is 8.78 Å². The van der Waals surface area contributed by atoms with E-state index in [-0.39, 0.29) is 24.0 Å². The molecule has 1 aromatic carbocycles. The summed E-state index contributed by atoms with van der Waals surface area (Å²) in [5.41, 5.74) is 0.385. The highest BCUT2D eigenvalue weighted by atomic mass is 127. The fraction of sp³-hybridized carbons (Fsp3) is 0.562. The van der Waals surface area contributed by atoms with Gasteiger partial charge in [0.15, 0.2) is 17.6 Å². The van der Waals surface area contributed by atoms with Gasteiger partial charge >= 0.3 is 0 Å². The van der Waals surface area contributed by atoms with E-state index in [0.29, 0.717) is 24.6 Å². The van der Waals surface area contributed by atoms with Crippen LogP contribution in [0, 0.1) is 11.6 Å². The number of guanidine groups is 1. The van der Waals surface area contributed by atoms with E-state index in [1.54, 1.807) is 13.1 Å². The predicted octanol–water partition coefficient (Wildman–Crippen LogP) is 3.62. The van der Waals surface area contributed by atoms with Crippen LogP contribution in [-0.4, -0.2) is 25.6 Å². The number of hydrogen-bond acceptors (Lipinski definition) is 1. The SMILES string of the molecule is CN=C(NCCc1cccc(F)c1F)NC1CCCCC1.I. The van der Waals surface area contributed by atoms with Crippen molar-refractivity contribution in [2.75, 3.05) is 13.6 Å². The van der Waals surface area contributed by atoms with E-state index in [2.05, 4.69) is 15.6 Å². The Morgan fingerprint density at radius 2 is 1.95 bits per heavy atom. The third-order valence-corrected chi connectivity index (χ3v) is 3.89. The number of aliphatic imine (C=N–C) groups is 1. The summed E-state index contributed by atoms with van der Waals surface area (Å²) >= 11 is 0. The van der Waals surface area contributed by atoms with Gasteiger partial charge in [0.25, 0.3) is 0 Å². The van der Waals surface area contributed by atoms with Crippen LogP contribution in [0.15, 0.2) is 23.2 Å². The van der Waals surface area contributed by atoms with E-state index in [4.69, 9.17) is 0 Å².